The molecular formula is C15H31N3. The predicted octanol–water partition coefficient (Wildman–Crippen LogP) is 1.92. The van der Waals surface area contributed by atoms with Crippen molar-refractivity contribution in [3.05, 3.63) is 0 Å². The Labute approximate surface area is 113 Å². The maximum absolute atomic E-state index is 6.18. The largest absolute Gasteiger partial charge is 0.329 e. The molecule has 1 aliphatic heterocycles. The summed E-state index contributed by atoms with van der Waals surface area (Å²) in [6.07, 6.45) is 3.89. The van der Waals surface area contributed by atoms with Crippen LogP contribution in [-0.2, 0) is 0 Å². The van der Waals surface area contributed by atoms with Gasteiger partial charge < -0.3 is 5.73 Å². The minimum atomic E-state index is 0.289. The van der Waals surface area contributed by atoms with Crippen molar-refractivity contribution in [3.63, 3.8) is 0 Å². The number of hydrogen-bond acceptors (Lipinski definition) is 3. The highest BCUT2D eigenvalue weighted by atomic mass is 15.3. The van der Waals surface area contributed by atoms with E-state index < -0.39 is 0 Å². The molecule has 3 nitrogen and oxygen atoms in total. The van der Waals surface area contributed by atoms with Crippen molar-refractivity contribution in [2.24, 2.45) is 11.1 Å². The van der Waals surface area contributed by atoms with E-state index in [9.17, 15) is 0 Å². The quantitative estimate of drug-likeness (QED) is 0.834. The molecule has 1 saturated carbocycles. The van der Waals surface area contributed by atoms with E-state index in [2.05, 4.69) is 37.5 Å². The summed E-state index contributed by atoms with van der Waals surface area (Å²) >= 11 is 0. The topological polar surface area (TPSA) is 32.5 Å². The van der Waals surface area contributed by atoms with Crippen LogP contribution in [0.4, 0.5) is 0 Å². The minimum absolute atomic E-state index is 0.289. The van der Waals surface area contributed by atoms with E-state index in [0.29, 0.717) is 11.5 Å². The molecule has 1 aliphatic carbocycles. The van der Waals surface area contributed by atoms with Gasteiger partial charge >= 0.3 is 0 Å². The molecule has 1 heterocycles. The van der Waals surface area contributed by atoms with Gasteiger partial charge in [-0.25, -0.2) is 0 Å². The van der Waals surface area contributed by atoms with Gasteiger partial charge in [0.1, 0.15) is 0 Å². The first-order chi connectivity index (χ1) is 8.42. The molecule has 18 heavy (non-hydrogen) atoms. The average molecular weight is 253 g/mol. The van der Waals surface area contributed by atoms with Crippen molar-refractivity contribution < 1.29 is 0 Å². The number of nitrogens with zero attached hydrogens (tertiary/aromatic N) is 2. The van der Waals surface area contributed by atoms with Crippen molar-refractivity contribution in [3.8, 4) is 0 Å². The molecule has 106 valence electrons. The van der Waals surface area contributed by atoms with Crippen molar-refractivity contribution in [2.45, 2.75) is 58.5 Å². The van der Waals surface area contributed by atoms with Crippen molar-refractivity contribution >= 4 is 0 Å². The molecule has 0 amide bonds. The average Bonchev–Trinajstić information content (AvgIpc) is 2.66. The Morgan fingerprint density at radius 1 is 1.22 bits per heavy atom. The summed E-state index contributed by atoms with van der Waals surface area (Å²) in [6, 6.07) is 0.677. The van der Waals surface area contributed by atoms with E-state index in [0.717, 1.165) is 6.54 Å². The number of piperazine rings is 1. The van der Waals surface area contributed by atoms with Gasteiger partial charge in [-0.3, -0.25) is 9.80 Å². The molecule has 0 radical (unpaired) electrons. The van der Waals surface area contributed by atoms with Crippen LogP contribution in [0.1, 0.15) is 47.0 Å². The lowest BCUT2D eigenvalue weighted by Crippen LogP contribution is -2.61. The van der Waals surface area contributed by atoms with Gasteiger partial charge in [0.05, 0.1) is 0 Å². The van der Waals surface area contributed by atoms with Crippen LogP contribution in [0, 0.1) is 5.41 Å². The van der Waals surface area contributed by atoms with Crippen molar-refractivity contribution in [2.75, 3.05) is 32.7 Å². The summed E-state index contributed by atoms with van der Waals surface area (Å²) in [4.78, 5) is 5.29. The highest BCUT2D eigenvalue weighted by Crippen LogP contribution is 2.46. The molecule has 0 spiro atoms. The fraction of sp³-hybridized carbons (Fsp3) is 1.00. The molecule has 0 aromatic heterocycles. The second-order valence-corrected chi connectivity index (χ2v) is 7.19. The van der Waals surface area contributed by atoms with Crippen LogP contribution < -0.4 is 5.73 Å². The molecule has 0 aromatic rings. The lowest BCUT2D eigenvalue weighted by atomic mass is 9.86. The fourth-order valence-electron chi connectivity index (χ4n) is 4.11. The van der Waals surface area contributed by atoms with E-state index in [1.165, 1.54) is 45.4 Å². The fourth-order valence-corrected chi connectivity index (χ4v) is 4.11. The highest BCUT2D eigenvalue weighted by molar-refractivity contribution is 5.03. The maximum atomic E-state index is 6.18. The van der Waals surface area contributed by atoms with Crippen molar-refractivity contribution in [1.82, 2.24) is 9.80 Å². The van der Waals surface area contributed by atoms with Crippen LogP contribution in [0.5, 0.6) is 0 Å². The SMILES string of the molecule is CCN1CCN(C2(CN)CCC(C)(C)C2)CC1C. The monoisotopic (exact) mass is 253 g/mol. The molecule has 3 heteroatoms. The first-order valence-electron chi connectivity index (χ1n) is 7.62. The predicted molar refractivity (Wildman–Crippen MR) is 77.7 cm³/mol. The minimum Gasteiger partial charge on any atom is -0.329 e. The molecule has 2 fully saturated rings. The van der Waals surface area contributed by atoms with Gasteiger partial charge in [-0.1, -0.05) is 20.8 Å². The number of hydrogen-bond donors (Lipinski definition) is 1. The van der Waals surface area contributed by atoms with E-state index in [1.54, 1.807) is 0 Å². The zero-order chi connectivity index (χ0) is 13.4. The Bertz CT molecular complexity index is 289. The van der Waals surface area contributed by atoms with Gasteiger partial charge in [-0.05, 0) is 38.1 Å². The van der Waals surface area contributed by atoms with E-state index in [4.69, 9.17) is 5.73 Å². The van der Waals surface area contributed by atoms with Crippen LogP contribution in [-0.4, -0.2) is 54.1 Å². The van der Waals surface area contributed by atoms with Crippen LogP contribution in [0.25, 0.3) is 0 Å². The third kappa shape index (κ3) is 2.59. The summed E-state index contributed by atoms with van der Waals surface area (Å²) in [5.74, 6) is 0. The van der Waals surface area contributed by atoms with Gasteiger partial charge in [0, 0.05) is 37.8 Å². The van der Waals surface area contributed by atoms with E-state index >= 15 is 0 Å². The normalized spacial score (nSPS) is 38.2. The van der Waals surface area contributed by atoms with Gasteiger partial charge in [-0.2, -0.15) is 0 Å². The van der Waals surface area contributed by atoms with Crippen LogP contribution in [0.2, 0.25) is 0 Å². The molecule has 1 saturated heterocycles. The highest BCUT2D eigenvalue weighted by Gasteiger charge is 2.47. The summed E-state index contributed by atoms with van der Waals surface area (Å²) < 4.78 is 0. The third-order valence-corrected chi connectivity index (χ3v) is 5.30. The zero-order valence-electron chi connectivity index (χ0n) is 12.7. The first kappa shape index (κ1) is 14.3. The van der Waals surface area contributed by atoms with Gasteiger partial charge in [0.2, 0.25) is 0 Å². The first-order valence-corrected chi connectivity index (χ1v) is 7.62. The van der Waals surface area contributed by atoms with Gasteiger partial charge in [0.15, 0.2) is 0 Å². The molecule has 2 unspecified atom stereocenters. The molecule has 0 bridgehead atoms. The third-order valence-electron chi connectivity index (χ3n) is 5.30. The lowest BCUT2D eigenvalue weighted by molar-refractivity contribution is 0.00831. The smallest absolute Gasteiger partial charge is 0.0338 e. The Balaban J connectivity index is 2.06. The molecule has 2 N–H and O–H groups in total. The molecule has 2 atom stereocenters. The van der Waals surface area contributed by atoms with E-state index in [-0.39, 0.29) is 5.54 Å². The second kappa shape index (κ2) is 5.10. The van der Waals surface area contributed by atoms with Crippen LogP contribution >= 0.6 is 0 Å². The number of likely N-dealkylation sites (N-methyl/N-ethyl adjacent to an activating group) is 1. The summed E-state index contributed by atoms with van der Waals surface area (Å²) in [6.45, 7) is 15.0. The Hall–Kier alpha value is -0.120. The zero-order valence-corrected chi connectivity index (χ0v) is 12.7. The maximum Gasteiger partial charge on any atom is 0.0338 e. The number of rotatable bonds is 3. The van der Waals surface area contributed by atoms with Crippen LogP contribution in [0.15, 0.2) is 0 Å². The standard InChI is InChI=1S/C15H31N3/c1-5-17-8-9-18(10-13(17)2)15(12-16)7-6-14(3,4)11-15/h13H,5-12,16H2,1-4H3. The molecule has 2 aliphatic rings. The van der Waals surface area contributed by atoms with Crippen molar-refractivity contribution in [1.29, 1.82) is 0 Å². The lowest BCUT2D eigenvalue weighted by Gasteiger charge is -2.48. The Morgan fingerprint density at radius 3 is 2.39 bits per heavy atom. The molecular weight excluding hydrogens is 222 g/mol. The van der Waals surface area contributed by atoms with E-state index in [1.807, 2.05) is 0 Å². The number of nitrogens with two attached hydrogens (primary N) is 1. The van der Waals surface area contributed by atoms with Gasteiger partial charge in [-0.15, -0.1) is 0 Å². The summed E-state index contributed by atoms with van der Waals surface area (Å²) in [5, 5.41) is 0. The second-order valence-electron chi connectivity index (χ2n) is 7.19. The van der Waals surface area contributed by atoms with Crippen LogP contribution in [0.3, 0.4) is 0 Å². The summed E-state index contributed by atoms with van der Waals surface area (Å²) in [5.41, 5.74) is 6.94. The Morgan fingerprint density at radius 2 is 1.94 bits per heavy atom. The molecule has 0 aromatic carbocycles. The molecule has 2 rings (SSSR count). The Kier molecular flexibility index (Phi) is 4.05. The van der Waals surface area contributed by atoms with Gasteiger partial charge in [0.25, 0.3) is 0 Å². The summed E-state index contributed by atoms with van der Waals surface area (Å²) in [7, 11) is 0.